The van der Waals surface area contributed by atoms with Crippen molar-refractivity contribution in [1.29, 1.82) is 0 Å². The Bertz CT molecular complexity index is 2160. The first-order valence-electron chi connectivity index (χ1n) is 12.3. The van der Waals surface area contributed by atoms with E-state index < -0.39 is 76.7 Å². The summed E-state index contributed by atoms with van der Waals surface area (Å²) in [7, 11) is -9.98. The second-order valence-electron chi connectivity index (χ2n) is 8.89. The number of aliphatic carboxylic acids is 1. The van der Waals surface area contributed by atoms with Gasteiger partial charge >= 0.3 is 5.97 Å². The number of H-pyrrole nitrogens is 1. The maximum Gasteiger partial charge on any atom is 0.357 e. The van der Waals surface area contributed by atoms with Gasteiger partial charge in [0, 0.05) is 9.79 Å². The molecule has 1 aliphatic rings. The average molecular weight is 767 g/mol. The number of carboxylic acids is 1. The van der Waals surface area contributed by atoms with Gasteiger partial charge in [0.15, 0.2) is 5.71 Å². The molecular weight excluding hydrogens is 749 g/mol. The summed E-state index contributed by atoms with van der Waals surface area (Å²) in [4.78, 5) is 41.3. The summed E-state index contributed by atoms with van der Waals surface area (Å²) in [5.41, 5.74) is -4.25. The van der Waals surface area contributed by atoms with Crippen molar-refractivity contribution in [3.05, 3.63) is 75.7 Å². The van der Waals surface area contributed by atoms with E-state index in [1.54, 1.807) is 0 Å². The van der Waals surface area contributed by atoms with Crippen LogP contribution in [0.1, 0.15) is 11.3 Å². The summed E-state index contributed by atoms with van der Waals surface area (Å²) >= 11 is 0.718. The zero-order valence-electron chi connectivity index (χ0n) is 23.5. The van der Waals surface area contributed by atoms with Crippen LogP contribution in [0, 0.1) is 0 Å². The van der Waals surface area contributed by atoms with Gasteiger partial charge in [-0.3, -0.25) is 29.1 Å². The zero-order valence-corrected chi connectivity index (χ0v) is 26.7. The molecule has 49 heavy (non-hydrogen) atoms. The van der Waals surface area contributed by atoms with Crippen molar-refractivity contribution in [3.8, 4) is 5.69 Å². The topological polar surface area (TPSA) is 323 Å². The van der Waals surface area contributed by atoms with Gasteiger partial charge in [-0.25, -0.2) is 24.9 Å². The van der Waals surface area contributed by atoms with Crippen LogP contribution >= 0.6 is 24.1 Å². The molecule has 3 aromatic rings. The SMILES string of the molecule is O=C(O)C1=NN(c2cc(SOOO)ccc2S(=O)(=O)O)C(=O)/C1=C/C=C/c1c(COO)[nH]n(-c2cc(SOOO)ccc2S(=O)(=O)O)c1=O. The molecule has 1 amide bonds. The van der Waals surface area contributed by atoms with Gasteiger partial charge in [0.05, 0.1) is 52.3 Å². The number of aromatic amines is 1. The Hall–Kier alpha value is -4.26. The highest BCUT2D eigenvalue weighted by molar-refractivity contribution is 7.94. The van der Waals surface area contributed by atoms with Crippen molar-refractivity contribution in [2.24, 2.45) is 5.10 Å². The molecule has 0 saturated heterocycles. The number of aromatic nitrogens is 2. The molecule has 2 heterocycles. The minimum Gasteiger partial charge on any atom is -0.476 e. The van der Waals surface area contributed by atoms with Crippen LogP contribution in [0.3, 0.4) is 0 Å². The third-order valence-corrected chi connectivity index (χ3v) is 8.98. The van der Waals surface area contributed by atoms with E-state index in [1.807, 2.05) is 0 Å². The minimum absolute atomic E-state index is 0.00781. The number of amides is 1. The summed E-state index contributed by atoms with van der Waals surface area (Å²) < 4.78 is 76.8. The van der Waals surface area contributed by atoms with Crippen LogP contribution in [-0.2, 0) is 60.1 Å². The van der Waals surface area contributed by atoms with Crippen LogP contribution in [0.15, 0.2) is 83.6 Å². The number of hydrogen-bond donors (Lipinski definition) is 7. The molecule has 0 spiro atoms. The number of carboxylic acid groups (broad SMARTS) is 1. The number of allylic oxidation sites excluding steroid dienone is 2. The Kier molecular flexibility index (Phi) is 11.9. The van der Waals surface area contributed by atoms with Crippen LogP contribution in [0.4, 0.5) is 5.69 Å². The van der Waals surface area contributed by atoms with E-state index in [-0.39, 0.29) is 21.0 Å². The quantitative estimate of drug-likeness (QED) is 0.0382. The van der Waals surface area contributed by atoms with Crippen LogP contribution in [0.5, 0.6) is 0 Å². The standard InChI is InChI=1S/C23H18N4O18S4/c28-21-13(15(10-41-32)24-26(21)16-8-11(46-44-42-33)4-6-18(16)48(35,36)37)2-1-3-14-20(23(30)31)25-27(22(14)29)17-9-12(47-45-43-34)5-7-19(17)49(38,39)40/h1-9,24,32-34H,10H2,(H,30,31)(H,35,36,37)(H,38,39,40)/b2-1+,14-3+. The van der Waals surface area contributed by atoms with Crippen molar-refractivity contribution < 1.29 is 80.0 Å². The summed E-state index contributed by atoms with van der Waals surface area (Å²) in [6.45, 7) is -0.706. The van der Waals surface area contributed by atoms with Crippen LogP contribution in [-0.4, -0.2) is 74.2 Å². The second kappa shape index (κ2) is 15.5. The minimum atomic E-state index is -5.02. The highest BCUT2D eigenvalue weighted by Gasteiger charge is 2.37. The van der Waals surface area contributed by atoms with Gasteiger partial charge in [-0.05, 0) is 48.6 Å². The maximum absolute atomic E-state index is 13.4. The van der Waals surface area contributed by atoms with Gasteiger partial charge < -0.3 is 5.11 Å². The molecule has 7 N–H and O–H groups in total. The molecule has 1 aliphatic heterocycles. The molecule has 22 nitrogen and oxygen atoms in total. The van der Waals surface area contributed by atoms with E-state index in [0.717, 1.165) is 54.6 Å². The molecule has 0 atom stereocenters. The summed E-state index contributed by atoms with van der Waals surface area (Å²) in [6, 6.07) is 5.90. The van der Waals surface area contributed by atoms with Crippen LogP contribution in [0.2, 0.25) is 0 Å². The van der Waals surface area contributed by atoms with Crippen molar-refractivity contribution in [1.82, 2.24) is 9.78 Å². The number of benzene rings is 2. The third kappa shape index (κ3) is 8.49. The van der Waals surface area contributed by atoms with Crippen LogP contribution < -0.4 is 10.6 Å². The van der Waals surface area contributed by atoms with Crippen LogP contribution in [0.25, 0.3) is 11.8 Å². The lowest BCUT2D eigenvalue weighted by atomic mass is 10.1. The lowest BCUT2D eigenvalue weighted by Crippen LogP contribution is -2.24. The summed E-state index contributed by atoms with van der Waals surface area (Å²) in [5.74, 6) is -2.98. The zero-order chi connectivity index (χ0) is 36.1. The first-order chi connectivity index (χ1) is 23.1. The lowest BCUT2D eigenvalue weighted by Gasteiger charge is -2.15. The van der Waals surface area contributed by atoms with Crippen molar-refractivity contribution in [2.75, 3.05) is 5.01 Å². The van der Waals surface area contributed by atoms with E-state index in [9.17, 15) is 45.4 Å². The molecule has 0 unspecified atom stereocenters. The van der Waals surface area contributed by atoms with Crippen molar-refractivity contribution >= 4 is 73.7 Å². The monoisotopic (exact) mass is 766 g/mol. The third-order valence-electron chi connectivity index (χ3n) is 6.03. The van der Waals surface area contributed by atoms with Gasteiger partial charge in [0.25, 0.3) is 31.7 Å². The van der Waals surface area contributed by atoms with Gasteiger partial charge in [-0.2, -0.15) is 26.9 Å². The molecule has 0 fully saturated rings. The lowest BCUT2D eigenvalue weighted by molar-refractivity contribution is -0.432. The summed E-state index contributed by atoms with van der Waals surface area (Å²) in [5, 5.41) is 49.0. The number of nitrogens with one attached hydrogen (secondary N) is 1. The number of carbonyl (C=O) groups is 2. The van der Waals surface area contributed by atoms with E-state index in [1.165, 1.54) is 0 Å². The molecule has 0 radical (unpaired) electrons. The number of hydrazone groups is 1. The molecule has 1 aromatic heterocycles. The highest BCUT2D eigenvalue weighted by Crippen LogP contribution is 2.34. The number of nitrogens with zero attached hydrogens (tertiary/aromatic N) is 3. The Balaban J connectivity index is 1.80. The second-order valence-corrected chi connectivity index (χ2v) is 13.2. The van der Waals surface area contributed by atoms with Gasteiger partial charge in [-0.15, -0.1) is 8.67 Å². The Morgan fingerprint density at radius 3 is 1.96 bits per heavy atom. The fourth-order valence-electron chi connectivity index (χ4n) is 4.12. The van der Waals surface area contributed by atoms with E-state index in [2.05, 4.69) is 33.8 Å². The molecule has 4 rings (SSSR count). The maximum atomic E-state index is 13.4. The van der Waals surface area contributed by atoms with Crippen molar-refractivity contribution in [2.45, 2.75) is 26.2 Å². The van der Waals surface area contributed by atoms with E-state index in [4.69, 9.17) is 15.8 Å². The Morgan fingerprint density at radius 2 is 1.45 bits per heavy atom. The first kappa shape index (κ1) is 37.6. The number of carbonyl (C=O) groups excluding carboxylic acids is 1. The molecule has 2 aromatic carbocycles. The Morgan fingerprint density at radius 1 is 0.898 bits per heavy atom. The molecular formula is C23H18N4O18S4. The summed E-state index contributed by atoms with van der Waals surface area (Å²) in [6.07, 6.45) is 2.85. The highest BCUT2D eigenvalue weighted by atomic mass is 32.2. The molecule has 0 aliphatic carbocycles. The van der Waals surface area contributed by atoms with E-state index >= 15 is 0 Å². The normalized spacial score (nSPS) is 14.7. The first-order valence-corrected chi connectivity index (χ1v) is 16.7. The largest absolute Gasteiger partial charge is 0.476 e. The number of hydrogen-bond acceptors (Lipinski definition) is 18. The van der Waals surface area contributed by atoms with Gasteiger partial charge in [-0.1, -0.05) is 16.2 Å². The Labute approximate surface area is 280 Å². The van der Waals surface area contributed by atoms with Crippen molar-refractivity contribution in [3.63, 3.8) is 0 Å². The fraction of sp³-hybridized carbons (Fsp3) is 0.0435. The fourth-order valence-corrected chi connectivity index (χ4v) is 6.21. The van der Waals surface area contributed by atoms with Gasteiger partial charge in [0.1, 0.15) is 16.4 Å². The average Bonchev–Trinajstić information content (AvgIpc) is 3.53. The van der Waals surface area contributed by atoms with E-state index in [0.29, 0.717) is 33.8 Å². The predicted octanol–water partition coefficient (Wildman–Crippen LogP) is 1.93. The molecule has 26 heteroatoms. The molecule has 262 valence electrons. The molecule has 0 bridgehead atoms. The predicted molar refractivity (Wildman–Crippen MR) is 161 cm³/mol. The number of rotatable bonds is 15. The molecule has 0 saturated carbocycles. The van der Waals surface area contributed by atoms with Gasteiger partial charge in [0.2, 0.25) is 0 Å². The smallest absolute Gasteiger partial charge is 0.357 e. The number of anilines is 1.